The number of carbonyl (C=O) groups is 1. The number of carbonyl (C=O) groups excluding carboxylic acids is 1. The SMILES string of the molecule is COC1(C)CCCN(C(=O)N2CCCCCC2)C1. The van der Waals surface area contributed by atoms with E-state index < -0.39 is 0 Å². The fourth-order valence-corrected chi connectivity index (χ4v) is 3.00. The number of methoxy groups -OCH3 is 1. The number of ether oxygens (including phenoxy) is 1. The Labute approximate surface area is 110 Å². The Bertz CT molecular complexity index is 288. The zero-order valence-electron chi connectivity index (χ0n) is 11.8. The van der Waals surface area contributed by atoms with E-state index in [1.54, 1.807) is 7.11 Å². The van der Waals surface area contributed by atoms with Crippen LogP contribution >= 0.6 is 0 Å². The van der Waals surface area contributed by atoms with Gasteiger partial charge in [0.05, 0.1) is 12.1 Å². The maximum atomic E-state index is 12.5. The molecule has 2 saturated heterocycles. The van der Waals surface area contributed by atoms with Gasteiger partial charge >= 0.3 is 6.03 Å². The van der Waals surface area contributed by atoms with Crippen LogP contribution in [0.25, 0.3) is 0 Å². The van der Waals surface area contributed by atoms with Gasteiger partial charge in [0.25, 0.3) is 0 Å². The first-order valence-electron chi connectivity index (χ1n) is 7.24. The molecule has 2 heterocycles. The number of hydrogen-bond acceptors (Lipinski definition) is 2. The standard InChI is InChI=1S/C14H26N2O2/c1-14(18-2)8-7-11-16(12-14)13(17)15-9-5-3-4-6-10-15/h3-12H2,1-2H3. The second-order valence-corrected chi connectivity index (χ2v) is 5.86. The lowest BCUT2D eigenvalue weighted by molar-refractivity contribution is -0.0432. The minimum Gasteiger partial charge on any atom is -0.377 e. The fourth-order valence-electron chi connectivity index (χ4n) is 3.00. The summed E-state index contributed by atoms with van der Waals surface area (Å²) in [7, 11) is 1.75. The highest BCUT2D eigenvalue weighted by Crippen LogP contribution is 2.25. The van der Waals surface area contributed by atoms with E-state index in [1.807, 2.05) is 9.80 Å². The molecule has 1 atom stereocenters. The van der Waals surface area contributed by atoms with Gasteiger partial charge in [0, 0.05) is 26.7 Å². The highest BCUT2D eigenvalue weighted by atomic mass is 16.5. The fraction of sp³-hybridized carbons (Fsp3) is 0.929. The van der Waals surface area contributed by atoms with Crippen molar-refractivity contribution in [2.24, 2.45) is 0 Å². The summed E-state index contributed by atoms with van der Waals surface area (Å²) in [6, 6.07) is 0.222. The molecule has 1 unspecified atom stereocenters. The van der Waals surface area contributed by atoms with E-state index in [4.69, 9.17) is 4.74 Å². The van der Waals surface area contributed by atoms with Gasteiger partial charge in [0.1, 0.15) is 0 Å². The second kappa shape index (κ2) is 5.91. The van der Waals surface area contributed by atoms with Crippen molar-refractivity contribution in [1.82, 2.24) is 9.80 Å². The molecular weight excluding hydrogens is 228 g/mol. The van der Waals surface area contributed by atoms with Gasteiger partial charge in [-0.25, -0.2) is 4.79 Å². The lowest BCUT2D eigenvalue weighted by Gasteiger charge is -2.41. The lowest BCUT2D eigenvalue weighted by atomic mass is 9.95. The predicted molar refractivity (Wildman–Crippen MR) is 71.7 cm³/mol. The van der Waals surface area contributed by atoms with E-state index in [0.29, 0.717) is 0 Å². The van der Waals surface area contributed by atoms with Crippen molar-refractivity contribution in [3.05, 3.63) is 0 Å². The molecule has 0 aromatic heterocycles. The highest BCUT2D eigenvalue weighted by molar-refractivity contribution is 5.74. The van der Waals surface area contributed by atoms with Crippen LogP contribution in [0.5, 0.6) is 0 Å². The largest absolute Gasteiger partial charge is 0.377 e. The Morgan fingerprint density at radius 1 is 1.00 bits per heavy atom. The molecule has 0 saturated carbocycles. The first-order chi connectivity index (χ1) is 8.64. The third-order valence-electron chi connectivity index (χ3n) is 4.30. The molecule has 2 fully saturated rings. The molecule has 0 radical (unpaired) electrons. The van der Waals surface area contributed by atoms with Gasteiger partial charge in [-0.3, -0.25) is 0 Å². The number of hydrogen-bond donors (Lipinski definition) is 0. The summed E-state index contributed by atoms with van der Waals surface area (Å²) in [6.45, 7) is 5.58. The van der Waals surface area contributed by atoms with Crippen LogP contribution in [0.2, 0.25) is 0 Å². The van der Waals surface area contributed by atoms with Gasteiger partial charge < -0.3 is 14.5 Å². The number of likely N-dealkylation sites (tertiary alicyclic amines) is 2. The third-order valence-corrected chi connectivity index (χ3v) is 4.30. The third kappa shape index (κ3) is 3.16. The van der Waals surface area contributed by atoms with Gasteiger partial charge in [0.15, 0.2) is 0 Å². The van der Waals surface area contributed by atoms with Crippen molar-refractivity contribution in [3.63, 3.8) is 0 Å². The molecule has 4 heteroatoms. The van der Waals surface area contributed by atoms with E-state index in [1.165, 1.54) is 12.8 Å². The Morgan fingerprint density at radius 2 is 1.61 bits per heavy atom. The number of amides is 2. The van der Waals surface area contributed by atoms with Crippen molar-refractivity contribution in [3.8, 4) is 0 Å². The zero-order valence-corrected chi connectivity index (χ0v) is 11.8. The molecule has 0 bridgehead atoms. The maximum absolute atomic E-state index is 12.5. The molecule has 2 aliphatic heterocycles. The molecule has 0 aromatic rings. The van der Waals surface area contributed by atoms with Crippen LogP contribution in [0.1, 0.15) is 45.4 Å². The molecule has 0 N–H and O–H groups in total. The van der Waals surface area contributed by atoms with Crippen molar-refractivity contribution in [2.75, 3.05) is 33.3 Å². The van der Waals surface area contributed by atoms with Crippen LogP contribution in [-0.4, -0.2) is 54.7 Å². The van der Waals surface area contributed by atoms with Gasteiger partial charge in [-0.1, -0.05) is 12.8 Å². The van der Waals surface area contributed by atoms with Crippen molar-refractivity contribution >= 4 is 6.03 Å². The van der Waals surface area contributed by atoms with Crippen molar-refractivity contribution < 1.29 is 9.53 Å². The summed E-state index contributed by atoms with van der Waals surface area (Å²) in [6.07, 6.45) is 6.93. The molecule has 0 spiro atoms. The quantitative estimate of drug-likeness (QED) is 0.720. The number of nitrogens with zero attached hydrogens (tertiary/aromatic N) is 2. The first-order valence-corrected chi connectivity index (χ1v) is 7.24. The van der Waals surface area contributed by atoms with Gasteiger partial charge in [0.2, 0.25) is 0 Å². The summed E-state index contributed by atoms with van der Waals surface area (Å²) in [4.78, 5) is 16.5. The van der Waals surface area contributed by atoms with Gasteiger partial charge in [-0.2, -0.15) is 0 Å². The Balaban J connectivity index is 1.95. The van der Waals surface area contributed by atoms with E-state index in [-0.39, 0.29) is 11.6 Å². The number of piperidine rings is 1. The summed E-state index contributed by atoms with van der Waals surface area (Å²) in [5, 5.41) is 0. The van der Waals surface area contributed by atoms with Crippen LogP contribution < -0.4 is 0 Å². The predicted octanol–water partition coefficient (Wildman–Crippen LogP) is 2.48. The second-order valence-electron chi connectivity index (χ2n) is 5.86. The Kier molecular flexibility index (Phi) is 4.49. The van der Waals surface area contributed by atoms with E-state index in [0.717, 1.165) is 51.9 Å². The summed E-state index contributed by atoms with van der Waals surface area (Å²) >= 11 is 0. The van der Waals surface area contributed by atoms with E-state index in [9.17, 15) is 4.79 Å². The van der Waals surface area contributed by atoms with E-state index >= 15 is 0 Å². The van der Waals surface area contributed by atoms with Gasteiger partial charge in [-0.15, -0.1) is 0 Å². The highest BCUT2D eigenvalue weighted by Gasteiger charge is 2.34. The zero-order chi connectivity index (χ0) is 13.0. The average Bonchev–Trinajstić information content (AvgIpc) is 2.67. The van der Waals surface area contributed by atoms with Crippen LogP contribution in [-0.2, 0) is 4.74 Å². The molecule has 2 rings (SSSR count). The van der Waals surface area contributed by atoms with E-state index in [2.05, 4.69) is 6.92 Å². The molecular formula is C14H26N2O2. The van der Waals surface area contributed by atoms with Crippen molar-refractivity contribution in [2.45, 2.75) is 51.0 Å². The lowest BCUT2D eigenvalue weighted by Crippen LogP contribution is -2.53. The van der Waals surface area contributed by atoms with Crippen molar-refractivity contribution in [1.29, 1.82) is 0 Å². The van der Waals surface area contributed by atoms with Gasteiger partial charge in [-0.05, 0) is 32.6 Å². The topological polar surface area (TPSA) is 32.8 Å². The molecule has 4 nitrogen and oxygen atoms in total. The minimum absolute atomic E-state index is 0.153. The molecule has 0 aliphatic carbocycles. The smallest absolute Gasteiger partial charge is 0.320 e. The summed E-state index contributed by atoms with van der Waals surface area (Å²) < 4.78 is 5.56. The van der Waals surface area contributed by atoms with Crippen LogP contribution in [0.3, 0.4) is 0 Å². The molecule has 104 valence electrons. The van der Waals surface area contributed by atoms with Crippen LogP contribution in [0, 0.1) is 0 Å². The Hall–Kier alpha value is -0.770. The number of urea groups is 1. The normalized spacial score (nSPS) is 30.1. The summed E-state index contributed by atoms with van der Waals surface area (Å²) in [5.41, 5.74) is -0.153. The average molecular weight is 254 g/mol. The summed E-state index contributed by atoms with van der Waals surface area (Å²) in [5.74, 6) is 0. The maximum Gasteiger partial charge on any atom is 0.320 e. The Morgan fingerprint density at radius 3 is 2.22 bits per heavy atom. The first kappa shape index (κ1) is 13.7. The molecule has 18 heavy (non-hydrogen) atoms. The number of rotatable bonds is 1. The molecule has 0 aromatic carbocycles. The monoisotopic (exact) mass is 254 g/mol. The van der Waals surface area contributed by atoms with Crippen LogP contribution in [0.4, 0.5) is 4.79 Å². The molecule has 2 amide bonds. The minimum atomic E-state index is -0.153. The molecule has 2 aliphatic rings. The van der Waals surface area contributed by atoms with Crippen LogP contribution in [0.15, 0.2) is 0 Å².